The minimum Gasteiger partial charge on any atom is -0.481 e. The molecule has 0 atom stereocenters. The van der Waals surface area contributed by atoms with Crippen LogP contribution in [0.2, 0.25) is 0 Å². The van der Waals surface area contributed by atoms with Gasteiger partial charge < -0.3 is 10.0 Å². The molecule has 4 nitrogen and oxygen atoms in total. The highest BCUT2D eigenvalue weighted by atomic mass is 79.9. The van der Waals surface area contributed by atoms with Crippen LogP contribution in [0.5, 0.6) is 0 Å². The maximum atomic E-state index is 11.2. The number of carboxylic acids is 1. The fourth-order valence-corrected chi connectivity index (χ4v) is 1.81. The summed E-state index contributed by atoms with van der Waals surface area (Å²) in [7, 11) is 0. The van der Waals surface area contributed by atoms with Crippen molar-refractivity contribution in [2.45, 2.75) is 12.8 Å². The van der Waals surface area contributed by atoms with Gasteiger partial charge in [0.1, 0.15) is 0 Å². The minimum absolute atomic E-state index is 0.0452. The van der Waals surface area contributed by atoms with Crippen molar-refractivity contribution in [3.8, 4) is 0 Å². The average molecular weight is 250 g/mol. The predicted molar refractivity (Wildman–Crippen MR) is 50.7 cm³/mol. The number of piperidine rings is 1. The van der Waals surface area contributed by atoms with Gasteiger partial charge in [-0.05, 0) is 12.8 Å². The van der Waals surface area contributed by atoms with Crippen LogP contribution in [0, 0.1) is 5.92 Å². The Kier molecular flexibility index (Phi) is 3.71. The lowest BCUT2D eigenvalue weighted by Crippen LogP contribution is -2.40. The molecule has 0 bridgehead atoms. The first kappa shape index (κ1) is 10.5. The number of nitrogens with zero attached hydrogens (tertiary/aromatic N) is 1. The molecule has 0 unspecified atom stereocenters. The van der Waals surface area contributed by atoms with Crippen LogP contribution in [0.3, 0.4) is 0 Å². The number of aliphatic carboxylic acids is 1. The van der Waals surface area contributed by atoms with Crippen molar-refractivity contribution in [1.29, 1.82) is 0 Å². The number of alkyl halides is 1. The van der Waals surface area contributed by atoms with E-state index in [9.17, 15) is 9.59 Å². The van der Waals surface area contributed by atoms with Crippen molar-refractivity contribution in [3.05, 3.63) is 0 Å². The molecule has 1 amide bonds. The molecule has 0 aromatic rings. The number of carboxylic acid groups (broad SMARTS) is 1. The Labute approximate surface area is 85.0 Å². The number of hydrogen-bond donors (Lipinski definition) is 1. The Balaban J connectivity index is 2.39. The van der Waals surface area contributed by atoms with Gasteiger partial charge in [-0.3, -0.25) is 9.59 Å². The molecule has 1 fully saturated rings. The van der Waals surface area contributed by atoms with Crippen molar-refractivity contribution in [2.24, 2.45) is 5.92 Å². The molecule has 0 aromatic carbocycles. The van der Waals surface area contributed by atoms with Gasteiger partial charge in [0.25, 0.3) is 0 Å². The summed E-state index contributed by atoms with van der Waals surface area (Å²) >= 11 is 3.09. The molecule has 5 heteroatoms. The van der Waals surface area contributed by atoms with Gasteiger partial charge in [-0.2, -0.15) is 0 Å². The number of rotatable bonds is 2. The number of hydrogen-bond acceptors (Lipinski definition) is 2. The van der Waals surface area contributed by atoms with Gasteiger partial charge in [0.15, 0.2) is 0 Å². The second-order valence-electron chi connectivity index (χ2n) is 3.13. The molecule has 0 saturated carbocycles. The van der Waals surface area contributed by atoms with Crippen LogP contribution in [-0.4, -0.2) is 40.3 Å². The van der Waals surface area contributed by atoms with E-state index in [1.807, 2.05) is 0 Å². The molecule has 74 valence electrons. The normalized spacial score (nSPS) is 18.7. The third-order valence-corrected chi connectivity index (χ3v) is 2.79. The quantitative estimate of drug-likeness (QED) is 0.734. The van der Waals surface area contributed by atoms with Crippen molar-refractivity contribution in [1.82, 2.24) is 4.90 Å². The zero-order valence-corrected chi connectivity index (χ0v) is 8.79. The summed E-state index contributed by atoms with van der Waals surface area (Å²) in [5, 5.41) is 9.03. The first-order valence-corrected chi connectivity index (χ1v) is 5.34. The lowest BCUT2D eigenvalue weighted by Gasteiger charge is -2.29. The molecule has 1 saturated heterocycles. The third-order valence-electron chi connectivity index (χ3n) is 2.31. The minimum atomic E-state index is -0.744. The van der Waals surface area contributed by atoms with E-state index in [1.165, 1.54) is 0 Å². The lowest BCUT2D eigenvalue weighted by atomic mass is 9.97. The Morgan fingerprint density at radius 1 is 1.38 bits per heavy atom. The highest BCUT2D eigenvalue weighted by Crippen LogP contribution is 2.17. The van der Waals surface area contributed by atoms with Crippen molar-refractivity contribution < 1.29 is 14.7 Å². The van der Waals surface area contributed by atoms with Crippen LogP contribution < -0.4 is 0 Å². The Hall–Kier alpha value is -0.580. The molecule has 0 aliphatic carbocycles. The highest BCUT2D eigenvalue weighted by Gasteiger charge is 2.26. The van der Waals surface area contributed by atoms with E-state index in [2.05, 4.69) is 15.9 Å². The zero-order valence-electron chi connectivity index (χ0n) is 7.20. The zero-order chi connectivity index (χ0) is 9.84. The number of carbonyl (C=O) groups excluding carboxylic acids is 1. The number of likely N-dealkylation sites (tertiary alicyclic amines) is 1. The molecule has 0 radical (unpaired) electrons. The van der Waals surface area contributed by atoms with Crippen molar-refractivity contribution in [3.63, 3.8) is 0 Å². The largest absolute Gasteiger partial charge is 0.481 e. The van der Waals surface area contributed by atoms with Gasteiger partial charge in [-0.15, -0.1) is 0 Å². The maximum Gasteiger partial charge on any atom is 0.306 e. The number of halogens is 1. The van der Waals surface area contributed by atoms with E-state index in [0.717, 1.165) is 0 Å². The SMILES string of the molecule is O=C(O)C1CCN(C(=O)CBr)CC1. The maximum absolute atomic E-state index is 11.2. The first-order chi connectivity index (χ1) is 6.15. The fourth-order valence-electron chi connectivity index (χ4n) is 1.46. The molecule has 0 aromatic heterocycles. The lowest BCUT2D eigenvalue weighted by molar-refractivity contribution is -0.145. The van der Waals surface area contributed by atoms with Crippen LogP contribution in [0.1, 0.15) is 12.8 Å². The van der Waals surface area contributed by atoms with E-state index < -0.39 is 5.97 Å². The van der Waals surface area contributed by atoms with Crippen molar-refractivity contribution >= 4 is 27.8 Å². The summed E-state index contributed by atoms with van der Waals surface area (Å²) in [6, 6.07) is 0. The van der Waals surface area contributed by atoms with Crippen molar-refractivity contribution in [2.75, 3.05) is 18.4 Å². The van der Waals surface area contributed by atoms with E-state index in [4.69, 9.17) is 5.11 Å². The summed E-state index contributed by atoms with van der Waals surface area (Å²) in [6.45, 7) is 1.14. The second-order valence-corrected chi connectivity index (χ2v) is 3.69. The fraction of sp³-hybridized carbons (Fsp3) is 0.750. The van der Waals surface area contributed by atoms with E-state index >= 15 is 0 Å². The summed E-state index contributed by atoms with van der Waals surface area (Å²) < 4.78 is 0. The third kappa shape index (κ3) is 2.69. The Morgan fingerprint density at radius 3 is 2.31 bits per heavy atom. The molecule has 1 rings (SSSR count). The summed E-state index contributed by atoms with van der Waals surface area (Å²) in [5.74, 6) is -0.964. The topological polar surface area (TPSA) is 57.6 Å². The molecule has 1 N–H and O–H groups in total. The van der Waals surface area contributed by atoms with E-state index in [-0.39, 0.29) is 11.8 Å². The van der Waals surface area contributed by atoms with Crippen LogP contribution in [0.25, 0.3) is 0 Å². The molecule has 1 aliphatic rings. The van der Waals surface area contributed by atoms with Gasteiger partial charge in [0.2, 0.25) is 5.91 Å². The van der Waals surface area contributed by atoms with Gasteiger partial charge >= 0.3 is 5.97 Å². The predicted octanol–water partition coefficient (Wildman–Crippen LogP) is 0.704. The van der Waals surface area contributed by atoms with E-state index in [0.29, 0.717) is 31.3 Å². The molecule has 1 heterocycles. The van der Waals surface area contributed by atoms with Crippen LogP contribution in [0.15, 0.2) is 0 Å². The highest BCUT2D eigenvalue weighted by molar-refractivity contribution is 9.09. The second kappa shape index (κ2) is 4.60. The Bertz CT molecular complexity index is 211. The molecular weight excluding hydrogens is 238 g/mol. The summed E-state index contributed by atoms with van der Waals surface area (Å²) in [6.07, 6.45) is 1.15. The average Bonchev–Trinajstić information content (AvgIpc) is 2.17. The number of amides is 1. The van der Waals surface area contributed by atoms with Crippen LogP contribution in [-0.2, 0) is 9.59 Å². The molecular formula is C8H12BrNO3. The molecule has 1 aliphatic heterocycles. The summed E-state index contributed by atoms with van der Waals surface area (Å²) in [5.41, 5.74) is 0. The number of carbonyl (C=O) groups is 2. The standard InChI is InChI=1S/C8H12BrNO3/c9-5-7(11)10-3-1-6(2-4-10)8(12)13/h6H,1-5H2,(H,12,13). The van der Waals surface area contributed by atoms with Gasteiger partial charge in [-0.25, -0.2) is 0 Å². The smallest absolute Gasteiger partial charge is 0.306 e. The monoisotopic (exact) mass is 249 g/mol. The van der Waals surface area contributed by atoms with E-state index in [1.54, 1.807) is 4.90 Å². The Morgan fingerprint density at radius 2 is 1.92 bits per heavy atom. The molecule has 13 heavy (non-hydrogen) atoms. The van der Waals surface area contributed by atoms with Crippen LogP contribution >= 0.6 is 15.9 Å². The first-order valence-electron chi connectivity index (χ1n) is 4.21. The molecule has 0 spiro atoms. The summed E-state index contributed by atoms with van der Waals surface area (Å²) in [4.78, 5) is 23.5. The van der Waals surface area contributed by atoms with Crippen LogP contribution in [0.4, 0.5) is 0 Å². The van der Waals surface area contributed by atoms with Gasteiger partial charge in [-0.1, -0.05) is 15.9 Å². The van der Waals surface area contributed by atoms with Gasteiger partial charge in [0, 0.05) is 13.1 Å². The van der Waals surface area contributed by atoms with Gasteiger partial charge in [0.05, 0.1) is 11.2 Å².